The first-order valence-corrected chi connectivity index (χ1v) is 10.8. The average Bonchev–Trinajstić information content (AvgIpc) is 3.38. The maximum Gasteiger partial charge on any atom is 0.316 e. The van der Waals surface area contributed by atoms with E-state index in [1.165, 1.54) is 0 Å². The lowest BCUT2D eigenvalue weighted by Gasteiger charge is -2.10. The minimum atomic E-state index is -0.676. The summed E-state index contributed by atoms with van der Waals surface area (Å²) >= 11 is 0. The number of H-pyrrole nitrogens is 1. The summed E-state index contributed by atoms with van der Waals surface area (Å²) in [7, 11) is 3.91. The number of anilines is 2. The SMILES string of the molecule is CN(C)CCNC(=O)c1cccc(-c2c[nH]c(C=C3C(=O)Nc4ccc(NC(N)=O)cc43)c2)c1. The van der Waals surface area contributed by atoms with Gasteiger partial charge in [-0.15, -0.1) is 0 Å². The van der Waals surface area contributed by atoms with Gasteiger partial charge in [-0.1, -0.05) is 12.1 Å². The first-order chi connectivity index (χ1) is 16.3. The number of hydrogen-bond acceptors (Lipinski definition) is 4. The molecule has 0 unspecified atom stereocenters. The smallest absolute Gasteiger partial charge is 0.316 e. The van der Waals surface area contributed by atoms with Gasteiger partial charge < -0.3 is 31.6 Å². The van der Waals surface area contributed by atoms with Crippen LogP contribution in [-0.4, -0.2) is 54.9 Å². The highest BCUT2D eigenvalue weighted by Gasteiger charge is 2.24. The molecule has 0 bridgehead atoms. The number of benzene rings is 2. The fraction of sp³-hybridized carbons (Fsp3) is 0.160. The normalized spacial score (nSPS) is 13.6. The van der Waals surface area contributed by atoms with Crippen molar-refractivity contribution in [1.82, 2.24) is 15.2 Å². The molecule has 0 atom stereocenters. The number of amides is 4. The van der Waals surface area contributed by atoms with Crippen molar-refractivity contribution in [2.24, 2.45) is 5.73 Å². The van der Waals surface area contributed by atoms with Gasteiger partial charge in [-0.05, 0) is 67.7 Å². The number of carbonyl (C=O) groups is 3. The molecule has 0 spiro atoms. The van der Waals surface area contributed by atoms with Gasteiger partial charge in [0.15, 0.2) is 0 Å². The molecule has 0 saturated carbocycles. The molecular formula is C25H26N6O3. The van der Waals surface area contributed by atoms with E-state index in [1.807, 2.05) is 49.5 Å². The molecule has 9 nitrogen and oxygen atoms in total. The number of likely N-dealkylation sites (N-methyl/N-ethyl adjacent to an activating group) is 1. The second-order valence-electron chi connectivity index (χ2n) is 8.25. The highest BCUT2D eigenvalue weighted by atomic mass is 16.2. The fourth-order valence-corrected chi connectivity index (χ4v) is 3.70. The van der Waals surface area contributed by atoms with Crippen LogP contribution in [0.5, 0.6) is 0 Å². The van der Waals surface area contributed by atoms with Crippen molar-refractivity contribution in [2.45, 2.75) is 0 Å². The van der Waals surface area contributed by atoms with Crippen LogP contribution in [0.25, 0.3) is 22.8 Å². The Hall–Kier alpha value is -4.37. The highest BCUT2D eigenvalue weighted by molar-refractivity contribution is 6.35. The number of primary amides is 1. The number of carbonyl (C=O) groups excluding carboxylic acids is 3. The summed E-state index contributed by atoms with van der Waals surface area (Å²) in [5.74, 6) is -0.361. The Morgan fingerprint density at radius 1 is 1.09 bits per heavy atom. The van der Waals surface area contributed by atoms with Crippen LogP contribution in [0.15, 0.2) is 54.7 Å². The van der Waals surface area contributed by atoms with Gasteiger partial charge >= 0.3 is 6.03 Å². The lowest BCUT2D eigenvalue weighted by atomic mass is 10.0. The molecule has 4 amide bonds. The van der Waals surface area contributed by atoms with Crippen molar-refractivity contribution >= 4 is 40.9 Å². The van der Waals surface area contributed by atoms with Crippen molar-refractivity contribution in [1.29, 1.82) is 0 Å². The van der Waals surface area contributed by atoms with Crippen LogP contribution >= 0.6 is 0 Å². The van der Waals surface area contributed by atoms with E-state index in [0.29, 0.717) is 34.6 Å². The van der Waals surface area contributed by atoms with Crippen LogP contribution < -0.4 is 21.7 Å². The van der Waals surface area contributed by atoms with Gasteiger partial charge in [-0.3, -0.25) is 9.59 Å². The molecule has 1 aliphatic rings. The molecule has 1 aromatic heterocycles. The maximum atomic E-state index is 12.5. The number of nitrogens with zero attached hydrogens (tertiary/aromatic N) is 1. The predicted octanol–water partition coefficient (Wildman–Crippen LogP) is 2.96. The van der Waals surface area contributed by atoms with Crippen molar-refractivity contribution in [3.8, 4) is 11.1 Å². The van der Waals surface area contributed by atoms with Crippen LogP contribution in [0.1, 0.15) is 21.6 Å². The highest BCUT2D eigenvalue weighted by Crippen LogP contribution is 2.35. The zero-order chi connectivity index (χ0) is 24.2. The fourth-order valence-electron chi connectivity index (χ4n) is 3.70. The molecule has 0 aliphatic carbocycles. The first kappa shape index (κ1) is 22.8. The van der Waals surface area contributed by atoms with E-state index >= 15 is 0 Å². The lowest BCUT2D eigenvalue weighted by molar-refractivity contribution is -0.110. The molecule has 0 saturated heterocycles. The summed E-state index contributed by atoms with van der Waals surface area (Å²) in [5.41, 5.74) is 10.6. The Kier molecular flexibility index (Phi) is 6.46. The largest absolute Gasteiger partial charge is 0.361 e. The minimum Gasteiger partial charge on any atom is -0.361 e. The van der Waals surface area contributed by atoms with E-state index in [4.69, 9.17) is 5.73 Å². The van der Waals surface area contributed by atoms with Gasteiger partial charge in [0.1, 0.15) is 0 Å². The van der Waals surface area contributed by atoms with E-state index in [0.717, 1.165) is 23.4 Å². The topological polar surface area (TPSA) is 132 Å². The molecule has 4 rings (SSSR count). The quantitative estimate of drug-likeness (QED) is 0.348. The van der Waals surface area contributed by atoms with Crippen molar-refractivity contribution in [3.05, 3.63) is 71.5 Å². The maximum absolute atomic E-state index is 12.5. The van der Waals surface area contributed by atoms with Crippen LogP contribution in [0.4, 0.5) is 16.2 Å². The second kappa shape index (κ2) is 9.63. The van der Waals surface area contributed by atoms with Gasteiger partial charge in [0.25, 0.3) is 11.8 Å². The molecule has 6 N–H and O–H groups in total. The monoisotopic (exact) mass is 458 g/mol. The summed E-state index contributed by atoms with van der Waals surface area (Å²) in [4.78, 5) is 41.4. The Labute approximate surface area is 197 Å². The van der Waals surface area contributed by atoms with Gasteiger partial charge in [-0.25, -0.2) is 4.79 Å². The summed E-state index contributed by atoms with van der Waals surface area (Å²) < 4.78 is 0. The van der Waals surface area contributed by atoms with Crippen molar-refractivity contribution in [2.75, 3.05) is 37.8 Å². The lowest BCUT2D eigenvalue weighted by Crippen LogP contribution is -2.31. The Morgan fingerprint density at radius 3 is 2.68 bits per heavy atom. The number of hydrogen-bond donors (Lipinski definition) is 5. The van der Waals surface area contributed by atoms with Gasteiger partial charge in [0.05, 0.1) is 5.57 Å². The number of urea groups is 1. The molecule has 174 valence electrons. The van der Waals surface area contributed by atoms with Crippen LogP contribution in [-0.2, 0) is 4.79 Å². The summed E-state index contributed by atoms with van der Waals surface area (Å²) in [6.07, 6.45) is 3.57. The third-order valence-electron chi connectivity index (χ3n) is 5.38. The van der Waals surface area contributed by atoms with E-state index < -0.39 is 6.03 Å². The summed E-state index contributed by atoms with van der Waals surface area (Å²) in [6.45, 7) is 1.33. The molecule has 9 heteroatoms. The third-order valence-corrected chi connectivity index (χ3v) is 5.38. The number of aromatic amines is 1. The van der Waals surface area contributed by atoms with E-state index in [9.17, 15) is 14.4 Å². The van der Waals surface area contributed by atoms with E-state index in [-0.39, 0.29) is 11.8 Å². The number of fused-ring (bicyclic) bond motifs is 1. The number of nitrogens with one attached hydrogen (secondary N) is 4. The molecular weight excluding hydrogens is 432 g/mol. The number of rotatable bonds is 7. The molecule has 0 radical (unpaired) electrons. The van der Waals surface area contributed by atoms with Crippen molar-refractivity contribution < 1.29 is 14.4 Å². The standard InChI is InChI=1S/C25H26N6O3/c1-31(2)9-8-27-23(32)16-5-3-4-15(10-16)17-11-19(28-14-17)13-21-20-12-18(29-25(26)34)6-7-22(20)30-24(21)33/h3-7,10-14,28H,8-9H2,1-2H3,(H,27,32)(H,30,33)(H3,26,29,34). The van der Waals surface area contributed by atoms with Crippen LogP contribution in [0, 0.1) is 0 Å². The van der Waals surface area contributed by atoms with Crippen LogP contribution in [0.2, 0.25) is 0 Å². The van der Waals surface area contributed by atoms with E-state index in [1.54, 1.807) is 30.3 Å². The van der Waals surface area contributed by atoms with Gasteiger partial charge in [0, 0.05) is 47.5 Å². The molecule has 34 heavy (non-hydrogen) atoms. The Morgan fingerprint density at radius 2 is 1.91 bits per heavy atom. The van der Waals surface area contributed by atoms with E-state index in [2.05, 4.69) is 20.9 Å². The molecule has 3 aromatic rings. The average molecular weight is 459 g/mol. The number of nitrogens with two attached hydrogens (primary N) is 1. The predicted molar refractivity (Wildman–Crippen MR) is 133 cm³/mol. The zero-order valence-electron chi connectivity index (χ0n) is 18.9. The van der Waals surface area contributed by atoms with Gasteiger partial charge in [-0.2, -0.15) is 0 Å². The third kappa shape index (κ3) is 5.16. The van der Waals surface area contributed by atoms with Gasteiger partial charge in [0.2, 0.25) is 0 Å². The first-order valence-electron chi connectivity index (χ1n) is 10.8. The second-order valence-corrected chi connectivity index (χ2v) is 8.25. The number of aromatic nitrogens is 1. The Bertz CT molecular complexity index is 1290. The minimum absolute atomic E-state index is 0.124. The Balaban J connectivity index is 1.55. The molecule has 2 heterocycles. The molecule has 0 fully saturated rings. The van der Waals surface area contributed by atoms with Crippen LogP contribution in [0.3, 0.4) is 0 Å². The summed E-state index contributed by atoms with van der Waals surface area (Å²) in [5, 5.41) is 8.26. The van der Waals surface area contributed by atoms with Crippen molar-refractivity contribution in [3.63, 3.8) is 0 Å². The summed E-state index contributed by atoms with van der Waals surface area (Å²) in [6, 6.07) is 13.7. The molecule has 2 aromatic carbocycles. The molecule has 1 aliphatic heterocycles. The zero-order valence-corrected chi connectivity index (χ0v) is 18.9.